The van der Waals surface area contributed by atoms with Crippen LogP contribution in [0.5, 0.6) is 11.5 Å². The van der Waals surface area contributed by atoms with Gasteiger partial charge in [-0.2, -0.15) is 0 Å². The molecule has 0 fully saturated rings. The number of methoxy groups -OCH3 is 1. The number of aromatic hydroxyl groups is 1. The maximum Gasteiger partial charge on any atom is 0.342 e. The van der Waals surface area contributed by atoms with E-state index in [9.17, 15) is 9.90 Å². The number of phenols is 1. The van der Waals surface area contributed by atoms with E-state index in [1.165, 1.54) is 7.11 Å². The van der Waals surface area contributed by atoms with E-state index in [0.29, 0.717) is 34.0 Å². The molecular formula is C16H20N2O4. The van der Waals surface area contributed by atoms with Crippen molar-refractivity contribution >= 4 is 11.7 Å². The molecular weight excluding hydrogens is 284 g/mol. The van der Waals surface area contributed by atoms with E-state index >= 15 is 0 Å². The van der Waals surface area contributed by atoms with Gasteiger partial charge in [0.1, 0.15) is 5.56 Å². The zero-order valence-corrected chi connectivity index (χ0v) is 13.1. The summed E-state index contributed by atoms with van der Waals surface area (Å²) in [6.45, 7) is 3.83. The Morgan fingerprint density at radius 1 is 1.41 bits per heavy atom. The standard InChI is InChI=1S/C16H20N2O4/c1-5-22-16(20)13-9(2)18(3)15(14(13)17)10-6-7-12(21-4)11(19)8-10/h6-8,19H,5,17H2,1-4H3. The fourth-order valence-corrected chi connectivity index (χ4v) is 2.48. The van der Waals surface area contributed by atoms with Crippen LogP contribution in [-0.4, -0.2) is 29.4 Å². The largest absolute Gasteiger partial charge is 0.504 e. The number of ether oxygens (including phenoxy) is 2. The Morgan fingerprint density at radius 2 is 2.09 bits per heavy atom. The Morgan fingerprint density at radius 3 is 2.64 bits per heavy atom. The van der Waals surface area contributed by atoms with Gasteiger partial charge in [0.15, 0.2) is 11.5 Å². The van der Waals surface area contributed by atoms with Gasteiger partial charge < -0.3 is 24.9 Å². The second-order valence-corrected chi connectivity index (χ2v) is 4.89. The Hall–Kier alpha value is -2.63. The minimum atomic E-state index is -0.447. The number of hydrogen-bond acceptors (Lipinski definition) is 5. The summed E-state index contributed by atoms with van der Waals surface area (Å²) in [6, 6.07) is 4.98. The van der Waals surface area contributed by atoms with Gasteiger partial charge in [0.25, 0.3) is 0 Å². The van der Waals surface area contributed by atoms with Crippen LogP contribution in [0.2, 0.25) is 0 Å². The molecule has 2 aromatic rings. The monoisotopic (exact) mass is 304 g/mol. The number of benzene rings is 1. The van der Waals surface area contributed by atoms with Crippen LogP contribution in [0.15, 0.2) is 18.2 Å². The van der Waals surface area contributed by atoms with Gasteiger partial charge >= 0.3 is 5.97 Å². The summed E-state index contributed by atoms with van der Waals surface area (Å²) in [7, 11) is 3.29. The third-order valence-electron chi connectivity index (χ3n) is 3.66. The highest BCUT2D eigenvalue weighted by atomic mass is 16.5. The van der Waals surface area contributed by atoms with Crippen molar-refractivity contribution < 1.29 is 19.4 Å². The van der Waals surface area contributed by atoms with E-state index in [4.69, 9.17) is 15.2 Å². The van der Waals surface area contributed by atoms with Crippen molar-refractivity contribution in [1.29, 1.82) is 0 Å². The van der Waals surface area contributed by atoms with Crippen molar-refractivity contribution in [3.8, 4) is 22.8 Å². The molecule has 0 bridgehead atoms. The molecule has 22 heavy (non-hydrogen) atoms. The fraction of sp³-hybridized carbons (Fsp3) is 0.312. The second-order valence-electron chi connectivity index (χ2n) is 4.89. The SMILES string of the molecule is CCOC(=O)c1c(N)c(-c2ccc(OC)c(O)c2)n(C)c1C. The molecule has 0 radical (unpaired) electrons. The van der Waals surface area contributed by atoms with Gasteiger partial charge in [0, 0.05) is 18.3 Å². The number of aromatic nitrogens is 1. The first kappa shape index (κ1) is 15.8. The lowest BCUT2D eigenvalue weighted by Gasteiger charge is -2.09. The molecule has 6 nitrogen and oxygen atoms in total. The van der Waals surface area contributed by atoms with Crippen molar-refractivity contribution in [2.24, 2.45) is 7.05 Å². The predicted molar refractivity (Wildman–Crippen MR) is 84.2 cm³/mol. The molecule has 1 heterocycles. The number of carbonyl (C=O) groups is 1. The van der Waals surface area contributed by atoms with E-state index in [0.717, 1.165) is 0 Å². The van der Waals surface area contributed by atoms with Crippen LogP contribution in [0.3, 0.4) is 0 Å². The molecule has 0 saturated heterocycles. The zero-order chi connectivity index (χ0) is 16.4. The first-order chi connectivity index (χ1) is 10.4. The number of nitrogens with two attached hydrogens (primary N) is 1. The zero-order valence-electron chi connectivity index (χ0n) is 13.1. The van der Waals surface area contributed by atoms with Gasteiger partial charge in [-0.25, -0.2) is 4.79 Å². The highest BCUT2D eigenvalue weighted by Gasteiger charge is 2.24. The number of hydrogen-bond donors (Lipinski definition) is 2. The first-order valence-corrected chi connectivity index (χ1v) is 6.91. The summed E-state index contributed by atoms with van der Waals surface area (Å²) in [5.41, 5.74) is 8.90. The van der Waals surface area contributed by atoms with E-state index in [2.05, 4.69) is 0 Å². The Balaban J connectivity index is 2.59. The highest BCUT2D eigenvalue weighted by molar-refractivity contribution is 6.01. The highest BCUT2D eigenvalue weighted by Crippen LogP contribution is 2.37. The van der Waals surface area contributed by atoms with Crippen LogP contribution < -0.4 is 10.5 Å². The minimum absolute atomic E-state index is 0.0101. The van der Waals surface area contributed by atoms with Crippen LogP contribution in [0.25, 0.3) is 11.3 Å². The maximum atomic E-state index is 12.1. The van der Waals surface area contributed by atoms with Gasteiger partial charge in [-0.3, -0.25) is 0 Å². The molecule has 0 aliphatic carbocycles. The Kier molecular flexibility index (Phi) is 4.30. The van der Waals surface area contributed by atoms with Crippen LogP contribution in [0.4, 0.5) is 5.69 Å². The van der Waals surface area contributed by atoms with Crippen molar-refractivity contribution in [3.63, 3.8) is 0 Å². The first-order valence-electron chi connectivity index (χ1n) is 6.91. The molecule has 1 aromatic heterocycles. The number of esters is 1. The molecule has 0 amide bonds. The molecule has 0 spiro atoms. The molecule has 0 aliphatic rings. The van der Waals surface area contributed by atoms with Crippen LogP contribution in [0.1, 0.15) is 23.0 Å². The minimum Gasteiger partial charge on any atom is -0.504 e. The lowest BCUT2D eigenvalue weighted by Crippen LogP contribution is -2.08. The fourth-order valence-electron chi connectivity index (χ4n) is 2.48. The molecule has 6 heteroatoms. The molecule has 1 aromatic carbocycles. The molecule has 0 saturated carbocycles. The number of carbonyl (C=O) groups excluding carboxylic acids is 1. The summed E-state index contributed by atoms with van der Waals surface area (Å²) in [4.78, 5) is 12.1. The number of anilines is 1. The van der Waals surface area contributed by atoms with Gasteiger partial charge in [-0.05, 0) is 32.0 Å². The van der Waals surface area contributed by atoms with E-state index < -0.39 is 5.97 Å². The van der Waals surface area contributed by atoms with Crippen LogP contribution in [0, 0.1) is 6.92 Å². The molecule has 2 rings (SSSR count). The van der Waals surface area contributed by atoms with Gasteiger partial charge in [0.05, 0.1) is 25.1 Å². The topological polar surface area (TPSA) is 86.7 Å². The molecule has 0 unspecified atom stereocenters. The molecule has 0 atom stereocenters. The molecule has 3 N–H and O–H groups in total. The summed E-state index contributed by atoms with van der Waals surface area (Å²) < 4.78 is 11.9. The van der Waals surface area contributed by atoms with E-state index in [1.807, 2.05) is 11.6 Å². The second kappa shape index (κ2) is 6.01. The average molecular weight is 304 g/mol. The van der Waals surface area contributed by atoms with Gasteiger partial charge in [-0.1, -0.05) is 0 Å². The predicted octanol–water partition coefficient (Wildman–Crippen LogP) is 2.47. The smallest absolute Gasteiger partial charge is 0.342 e. The third kappa shape index (κ3) is 2.47. The van der Waals surface area contributed by atoms with Crippen molar-refractivity contribution in [1.82, 2.24) is 4.57 Å². The lowest BCUT2D eigenvalue weighted by molar-refractivity contribution is 0.0526. The normalized spacial score (nSPS) is 10.5. The Labute approximate surface area is 129 Å². The number of nitrogens with zero attached hydrogens (tertiary/aromatic N) is 1. The number of phenolic OH excluding ortho intramolecular Hbond substituents is 1. The van der Waals surface area contributed by atoms with Crippen LogP contribution in [-0.2, 0) is 11.8 Å². The van der Waals surface area contributed by atoms with Crippen molar-refractivity contribution in [3.05, 3.63) is 29.5 Å². The summed E-state index contributed by atoms with van der Waals surface area (Å²) in [5, 5.41) is 9.94. The molecule has 0 aliphatic heterocycles. The molecule has 118 valence electrons. The average Bonchev–Trinajstić information content (AvgIpc) is 2.69. The van der Waals surface area contributed by atoms with E-state index in [1.54, 1.807) is 32.0 Å². The summed E-state index contributed by atoms with van der Waals surface area (Å²) in [5.74, 6) is -0.0631. The maximum absolute atomic E-state index is 12.1. The van der Waals surface area contributed by atoms with Crippen LogP contribution >= 0.6 is 0 Å². The Bertz CT molecular complexity index is 719. The summed E-state index contributed by atoms with van der Waals surface area (Å²) >= 11 is 0. The van der Waals surface area contributed by atoms with Gasteiger partial charge in [-0.15, -0.1) is 0 Å². The van der Waals surface area contributed by atoms with Gasteiger partial charge in [0.2, 0.25) is 0 Å². The number of nitrogen functional groups attached to an aromatic ring is 1. The van der Waals surface area contributed by atoms with Crippen molar-refractivity contribution in [2.75, 3.05) is 19.5 Å². The summed E-state index contributed by atoms with van der Waals surface area (Å²) in [6.07, 6.45) is 0. The quantitative estimate of drug-likeness (QED) is 0.847. The lowest BCUT2D eigenvalue weighted by atomic mass is 10.1. The van der Waals surface area contributed by atoms with Crippen molar-refractivity contribution in [2.45, 2.75) is 13.8 Å². The third-order valence-corrected chi connectivity index (χ3v) is 3.66. The number of rotatable bonds is 4. The van der Waals surface area contributed by atoms with E-state index in [-0.39, 0.29) is 12.4 Å².